The molecule has 3 heteroatoms. The summed E-state index contributed by atoms with van der Waals surface area (Å²) in [6, 6.07) is 9.48. The molecule has 1 rings (SSSR count). The summed E-state index contributed by atoms with van der Waals surface area (Å²) in [5.41, 5.74) is 3.42. The zero-order valence-corrected chi connectivity index (χ0v) is 7.96. The minimum absolute atomic E-state index is 0.0366. The molecule has 1 aromatic rings. The molecule has 2 nitrogen and oxygen atoms in total. The second-order valence-corrected chi connectivity index (χ2v) is 3.13. The average molecular weight is 192 g/mol. The Hall–Kier alpha value is -1.10. The quantitative estimate of drug-likeness (QED) is 0.689. The summed E-state index contributed by atoms with van der Waals surface area (Å²) >= 11 is 0. The molecule has 13 heavy (non-hydrogen) atoms. The Balaban J connectivity index is 2.53. The molecule has 0 aliphatic heterocycles. The van der Waals surface area contributed by atoms with Gasteiger partial charge in [-0.1, -0.05) is 0 Å². The van der Waals surface area contributed by atoms with E-state index in [1.807, 2.05) is 30.3 Å². The van der Waals surface area contributed by atoms with E-state index >= 15 is 0 Å². The number of ketones is 1. The predicted molar refractivity (Wildman–Crippen MR) is 51.3 cm³/mol. The standard InChI is InChI=1S/C10H9O2P/c11-10(6-7-13-12)8-9-4-2-1-3-5-9/h1-5H,6,8H2. The Kier molecular flexibility index (Phi) is 4.25. The van der Waals surface area contributed by atoms with Gasteiger partial charge in [0.1, 0.15) is 0 Å². The van der Waals surface area contributed by atoms with Gasteiger partial charge in [0.15, 0.2) is 0 Å². The Morgan fingerprint density at radius 2 is 2.00 bits per heavy atom. The first-order valence-electron chi connectivity index (χ1n) is 3.94. The van der Waals surface area contributed by atoms with Gasteiger partial charge in [-0.25, -0.2) is 0 Å². The summed E-state index contributed by atoms with van der Waals surface area (Å²) < 4.78 is 10.00. The van der Waals surface area contributed by atoms with Crippen LogP contribution in [-0.4, -0.2) is 5.78 Å². The van der Waals surface area contributed by atoms with E-state index in [2.05, 4.69) is 5.63 Å². The molecular weight excluding hydrogens is 183 g/mol. The fourth-order valence-corrected chi connectivity index (χ4v) is 1.25. The molecular formula is C10H9O2P. The summed E-state index contributed by atoms with van der Waals surface area (Å²) in [6.45, 7) is 0. The third-order valence-electron chi connectivity index (χ3n) is 1.58. The number of carbonyl (C=O) groups excluding carboxylic acids is 1. The molecule has 1 aromatic carbocycles. The molecule has 0 atom stereocenters. The molecule has 66 valence electrons. The molecule has 0 N–H and O–H groups in total. The van der Waals surface area contributed by atoms with Gasteiger partial charge >= 0.3 is 77.4 Å². The van der Waals surface area contributed by atoms with Crippen LogP contribution in [0.5, 0.6) is 0 Å². The van der Waals surface area contributed by atoms with Crippen LogP contribution in [0.15, 0.2) is 30.3 Å². The molecule has 0 heterocycles. The number of hydrogen-bond acceptors (Lipinski definition) is 2. The fraction of sp³-hybridized carbons (Fsp3) is 0.200. The van der Waals surface area contributed by atoms with Crippen molar-refractivity contribution < 1.29 is 9.36 Å². The molecule has 0 aliphatic carbocycles. The van der Waals surface area contributed by atoms with E-state index < -0.39 is 0 Å². The van der Waals surface area contributed by atoms with Crippen LogP contribution in [0.2, 0.25) is 0 Å². The summed E-state index contributed by atoms with van der Waals surface area (Å²) in [5, 5.41) is 0. The van der Waals surface area contributed by atoms with E-state index in [1.54, 1.807) is 0 Å². The van der Waals surface area contributed by atoms with Gasteiger partial charge in [0.05, 0.1) is 0 Å². The number of hydrogen-bond donors (Lipinski definition) is 0. The zero-order valence-electron chi connectivity index (χ0n) is 7.06. The summed E-state index contributed by atoms with van der Waals surface area (Å²) in [5.74, 6) is 0.0366. The van der Waals surface area contributed by atoms with Crippen LogP contribution >= 0.6 is 7.92 Å². The molecule has 0 radical (unpaired) electrons. The number of benzene rings is 1. The normalized spacial score (nSPS) is 8.92. The van der Waals surface area contributed by atoms with Gasteiger partial charge in [0.2, 0.25) is 0 Å². The first-order valence-corrected chi connectivity index (χ1v) is 4.75. The Morgan fingerprint density at radius 3 is 2.62 bits per heavy atom. The predicted octanol–water partition coefficient (Wildman–Crippen LogP) is 2.44. The van der Waals surface area contributed by atoms with Gasteiger partial charge in [-0.05, 0) is 0 Å². The van der Waals surface area contributed by atoms with Crippen LogP contribution in [0.3, 0.4) is 0 Å². The van der Waals surface area contributed by atoms with Crippen LogP contribution in [0, 0.1) is 5.63 Å². The maximum absolute atomic E-state index is 11.2. The van der Waals surface area contributed by atoms with Crippen molar-refractivity contribution in [2.75, 3.05) is 0 Å². The van der Waals surface area contributed by atoms with Crippen molar-refractivity contribution in [2.24, 2.45) is 0 Å². The van der Waals surface area contributed by atoms with Crippen LogP contribution in [0.4, 0.5) is 0 Å². The van der Waals surface area contributed by atoms with Crippen molar-refractivity contribution in [1.29, 1.82) is 0 Å². The van der Waals surface area contributed by atoms with Gasteiger partial charge in [0.25, 0.3) is 0 Å². The molecule has 0 fully saturated rings. The minimum atomic E-state index is -0.195. The molecule has 0 unspecified atom stereocenters. The van der Waals surface area contributed by atoms with Gasteiger partial charge in [0, 0.05) is 0 Å². The third kappa shape index (κ3) is 3.89. The Morgan fingerprint density at radius 1 is 1.31 bits per heavy atom. The van der Waals surface area contributed by atoms with E-state index in [1.165, 1.54) is 0 Å². The van der Waals surface area contributed by atoms with Crippen molar-refractivity contribution in [3.05, 3.63) is 35.9 Å². The van der Waals surface area contributed by atoms with E-state index in [0.717, 1.165) is 5.56 Å². The van der Waals surface area contributed by atoms with Crippen molar-refractivity contribution in [1.82, 2.24) is 0 Å². The maximum atomic E-state index is 11.2. The summed E-state index contributed by atoms with van der Waals surface area (Å²) in [6.07, 6.45) is 0.545. The van der Waals surface area contributed by atoms with Gasteiger partial charge in [-0.15, -0.1) is 0 Å². The van der Waals surface area contributed by atoms with Crippen LogP contribution in [0.25, 0.3) is 0 Å². The Labute approximate surface area is 78.1 Å². The third-order valence-corrected chi connectivity index (χ3v) is 1.87. The summed E-state index contributed by atoms with van der Waals surface area (Å²) in [4.78, 5) is 11.2. The van der Waals surface area contributed by atoms with Crippen LogP contribution < -0.4 is 0 Å². The van der Waals surface area contributed by atoms with Crippen molar-refractivity contribution in [3.63, 3.8) is 0 Å². The fourth-order valence-electron chi connectivity index (χ4n) is 1.01. The van der Waals surface area contributed by atoms with Crippen LogP contribution in [-0.2, 0) is 15.8 Å². The average Bonchev–Trinajstić information content (AvgIpc) is 2.16. The van der Waals surface area contributed by atoms with E-state index in [0.29, 0.717) is 6.42 Å². The summed E-state index contributed by atoms with van der Waals surface area (Å²) in [7, 11) is -0.195. The van der Waals surface area contributed by atoms with Gasteiger partial charge in [-0.3, -0.25) is 0 Å². The second-order valence-electron chi connectivity index (χ2n) is 2.63. The topological polar surface area (TPSA) is 34.1 Å². The van der Waals surface area contributed by atoms with E-state index in [9.17, 15) is 9.36 Å². The van der Waals surface area contributed by atoms with Gasteiger partial charge in [-0.2, -0.15) is 0 Å². The molecule has 0 aliphatic rings. The molecule has 0 amide bonds. The molecule has 0 aromatic heterocycles. The second kappa shape index (κ2) is 5.53. The number of rotatable bonds is 3. The zero-order chi connectivity index (χ0) is 9.52. The first-order chi connectivity index (χ1) is 6.33. The Bertz CT molecular complexity index is 378. The van der Waals surface area contributed by atoms with Crippen LogP contribution in [0.1, 0.15) is 12.0 Å². The first kappa shape index (κ1) is 9.98. The van der Waals surface area contributed by atoms with Crippen molar-refractivity contribution in [2.45, 2.75) is 12.8 Å². The van der Waals surface area contributed by atoms with Crippen molar-refractivity contribution >= 4 is 13.7 Å². The number of Topliss-reactive ketones (excluding diaryl/α,β-unsaturated/α-hetero) is 1. The molecule has 0 saturated heterocycles. The van der Waals surface area contributed by atoms with E-state index in [-0.39, 0.29) is 20.1 Å². The van der Waals surface area contributed by atoms with E-state index in [4.69, 9.17) is 0 Å². The molecule has 0 bridgehead atoms. The SMILES string of the molecule is O=P#CCC(=O)Cc1ccccc1. The van der Waals surface area contributed by atoms with Gasteiger partial charge < -0.3 is 0 Å². The monoisotopic (exact) mass is 192 g/mol. The molecule has 0 saturated carbocycles. The van der Waals surface area contributed by atoms with Crippen molar-refractivity contribution in [3.8, 4) is 5.63 Å². The number of carbonyl (C=O) groups is 1. The molecule has 0 spiro atoms.